The number of piperazine rings is 1. The molecule has 0 spiro atoms. The summed E-state index contributed by atoms with van der Waals surface area (Å²) >= 11 is 0. The van der Waals surface area contributed by atoms with E-state index in [1.54, 1.807) is 20.3 Å². The Morgan fingerprint density at radius 2 is 1.68 bits per heavy atom. The molecule has 0 saturated carbocycles. The summed E-state index contributed by atoms with van der Waals surface area (Å²) in [5, 5.41) is 6.86. The quantitative estimate of drug-likeness (QED) is 0.723. The van der Waals surface area contributed by atoms with Crippen LogP contribution in [0.3, 0.4) is 0 Å². The van der Waals surface area contributed by atoms with Crippen molar-refractivity contribution in [3.05, 3.63) is 35.0 Å². The number of methoxy groups -OCH3 is 2. The van der Waals surface area contributed by atoms with Gasteiger partial charge in [-0.1, -0.05) is 25.9 Å². The van der Waals surface area contributed by atoms with E-state index in [1.165, 1.54) is 11.1 Å². The van der Waals surface area contributed by atoms with Gasteiger partial charge in [-0.15, -0.1) is 0 Å². The van der Waals surface area contributed by atoms with E-state index in [1.807, 2.05) is 6.07 Å². The maximum Gasteiger partial charge on any atom is 0.240 e. The summed E-state index contributed by atoms with van der Waals surface area (Å²) in [6.45, 7) is 12.9. The van der Waals surface area contributed by atoms with Gasteiger partial charge in [0.05, 0.1) is 26.5 Å². The number of aromatic nitrogens is 1. The predicted octanol–water partition coefficient (Wildman–Crippen LogP) is 3.05. The number of aryl methyl sites for hydroxylation is 1. The monoisotopic (exact) mass is 430 g/mol. The van der Waals surface area contributed by atoms with E-state index < -0.39 is 0 Å². The minimum Gasteiger partial charge on any atom is -0.493 e. The summed E-state index contributed by atoms with van der Waals surface area (Å²) in [4.78, 5) is 17.0. The Morgan fingerprint density at radius 1 is 1.06 bits per heavy atom. The maximum absolute atomic E-state index is 12.4. The number of carbonyl (C=O) groups excluding carboxylic acids is 1. The van der Waals surface area contributed by atoms with Crippen molar-refractivity contribution >= 4 is 11.8 Å². The van der Waals surface area contributed by atoms with Crippen molar-refractivity contribution in [1.29, 1.82) is 0 Å². The van der Waals surface area contributed by atoms with Crippen LogP contribution in [-0.2, 0) is 16.8 Å². The van der Waals surface area contributed by atoms with E-state index in [0.29, 0.717) is 12.4 Å². The Labute approximate surface area is 184 Å². The molecule has 0 atom stereocenters. The fourth-order valence-corrected chi connectivity index (χ4v) is 3.61. The van der Waals surface area contributed by atoms with Crippen molar-refractivity contribution in [2.24, 2.45) is 0 Å². The van der Waals surface area contributed by atoms with Crippen LogP contribution in [0.25, 0.3) is 0 Å². The van der Waals surface area contributed by atoms with Crippen LogP contribution in [0, 0.1) is 6.92 Å². The molecule has 0 bridgehead atoms. The molecule has 1 saturated heterocycles. The van der Waals surface area contributed by atoms with Crippen molar-refractivity contribution in [2.75, 3.05) is 52.3 Å². The zero-order chi connectivity index (χ0) is 22.6. The van der Waals surface area contributed by atoms with Crippen LogP contribution in [0.5, 0.6) is 11.5 Å². The first-order valence-electron chi connectivity index (χ1n) is 10.6. The van der Waals surface area contributed by atoms with Gasteiger partial charge in [-0.2, -0.15) is 0 Å². The average Bonchev–Trinajstić information content (AvgIpc) is 3.19. The SMILES string of the molecule is COc1cc(C)c(CN2CCN(CC(=O)Nc3cc(C(C)(C)C)no3)CC2)cc1OC. The number of ether oxygens (including phenoxy) is 2. The second kappa shape index (κ2) is 9.70. The van der Waals surface area contributed by atoms with Crippen LogP contribution in [0.1, 0.15) is 37.6 Å². The average molecular weight is 431 g/mol. The molecular weight excluding hydrogens is 396 g/mol. The summed E-state index contributed by atoms with van der Waals surface area (Å²) in [7, 11) is 3.31. The molecule has 8 heteroatoms. The van der Waals surface area contributed by atoms with E-state index in [9.17, 15) is 4.79 Å². The molecule has 170 valence electrons. The number of hydrogen-bond acceptors (Lipinski definition) is 7. The minimum atomic E-state index is -0.116. The summed E-state index contributed by atoms with van der Waals surface area (Å²) in [6, 6.07) is 5.86. The van der Waals surface area contributed by atoms with Crippen molar-refractivity contribution < 1.29 is 18.8 Å². The first-order chi connectivity index (χ1) is 14.7. The highest BCUT2D eigenvalue weighted by molar-refractivity contribution is 5.91. The Balaban J connectivity index is 1.48. The van der Waals surface area contributed by atoms with Gasteiger partial charge in [0.15, 0.2) is 11.5 Å². The Morgan fingerprint density at radius 3 is 2.26 bits per heavy atom. The molecule has 3 rings (SSSR count). The summed E-state index contributed by atoms with van der Waals surface area (Å²) in [6.07, 6.45) is 0. The lowest BCUT2D eigenvalue weighted by atomic mass is 9.92. The van der Waals surface area contributed by atoms with Crippen LogP contribution in [0.15, 0.2) is 22.7 Å². The number of benzene rings is 1. The van der Waals surface area contributed by atoms with Crippen LogP contribution in [-0.4, -0.2) is 67.8 Å². The highest BCUT2D eigenvalue weighted by atomic mass is 16.5. The van der Waals surface area contributed by atoms with Gasteiger partial charge >= 0.3 is 0 Å². The van der Waals surface area contributed by atoms with Gasteiger partial charge in [0, 0.05) is 44.2 Å². The van der Waals surface area contributed by atoms with Gasteiger partial charge in [-0.05, 0) is 30.2 Å². The smallest absolute Gasteiger partial charge is 0.240 e. The largest absolute Gasteiger partial charge is 0.493 e. The Bertz CT molecular complexity index is 895. The topological polar surface area (TPSA) is 80.1 Å². The number of nitrogens with zero attached hydrogens (tertiary/aromatic N) is 3. The number of anilines is 1. The maximum atomic E-state index is 12.4. The molecule has 0 aliphatic carbocycles. The highest BCUT2D eigenvalue weighted by Crippen LogP contribution is 2.31. The molecule has 1 aliphatic rings. The molecule has 2 heterocycles. The second-order valence-electron chi connectivity index (χ2n) is 9.06. The van der Waals surface area contributed by atoms with Gasteiger partial charge in [0.1, 0.15) is 0 Å². The predicted molar refractivity (Wildman–Crippen MR) is 120 cm³/mol. The standard InChI is InChI=1S/C23H34N4O4/c1-16-11-18(29-5)19(30-6)12-17(16)14-26-7-9-27(10-8-26)15-21(28)24-22-13-20(25-31-22)23(2,3)4/h11-13H,7-10,14-15H2,1-6H3,(H,24,28). The molecule has 2 aromatic rings. The van der Waals surface area contributed by atoms with Gasteiger partial charge in [0.2, 0.25) is 11.8 Å². The van der Waals surface area contributed by atoms with Gasteiger partial charge in [-0.25, -0.2) is 0 Å². The van der Waals surface area contributed by atoms with E-state index >= 15 is 0 Å². The third-order valence-corrected chi connectivity index (χ3v) is 5.61. The van der Waals surface area contributed by atoms with E-state index in [-0.39, 0.29) is 11.3 Å². The van der Waals surface area contributed by atoms with Crippen molar-refractivity contribution in [2.45, 2.75) is 39.7 Å². The van der Waals surface area contributed by atoms with Crippen LogP contribution in [0.4, 0.5) is 5.88 Å². The number of nitrogens with one attached hydrogen (secondary N) is 1. The first-order valence-corrected chi connectivity index (χ1v) is 10.6. The lowest BCUT2D eigenvalue weighted by molar-refractivity contribution is -0.117. The normalized spacial score (nSPS) is 15.7. The summed E-state index contributed by atoms with van der Waals surface area (Å²) in [5.41, 5.74) is 3.11. The molecule has 1 aromatic carbocycles. The van der Waals surface area contributed by atoms with Crippen molar-refractivity contribution in [3.8, 4) is 11.5 Å². The Kier molecular flexibility index (Phi) is 7.23. The number of amides is 1. The molecule has 1 fully saturated rings. The highest BCUT2D eigenvalue weighted by Gasteiger charge is 2.22. The fourth-order valence-electron chi connectivity index (χ4n) is 3.61. The van der Waals surface area contributed by atoms with Crippen LogP contribution in [0.2, 0.25) is 0 Å². The molecule has 0 unspecified atom stereocenters. The molecule has 1 aromatic heterocycles. The van der Waals surface area contributed by atoms with Crippen molar-refractivity contribution in [1.82, 2.24) is 15.0 Å². The minimum absolute atomic E-state index is 0.0826. The third-order valence-electron chi connectivity index (χ3n) is 5.61. The zero-order valence-electron chi connectivity index (χ0n) is 19.4. The number of rotatable bonds is 7. The summed E-state index contributed by atoms with van der Waals surface area (Å²) < 4.78 is 16.1. The number of hydrogen-bond donors (Lipinski definition) is 1. The Hall–Kier alpha value is -2.58. The molecule has 8 nitrogen and oxygen atoms in total. The summed E-state index contributed by atoms with van der Waals surface area (Å²) in [5.74, 6) is 1.82. The zero-order valence-corrected chi connectivity index (χ0v) is 19.4. The molecule has 1 amide bonds. The molecule has 1 aliphatic heterocycles. The van der Waals surface area contributed by atoms with Crippen molar-refractivity contribution in [3.63, 3.8) is 0 Å². The van der Waals surface area contributed by atoms with Gasteiger partial charge in [-0.3, -0.25) is 19.9 Å². The lowest BCUT2D eigenvalue weighted by Crippen LogP contribution is -2.48. The second-order valence-corrected chi connectivity index (χ2v) is 9.06. The van der Waals surface area contributed by atoms with Crippen LogP contribution < -0.4 is 14.8 Å². The lowest BCUT2D eigenvalue weighted by Gasteiger charge is -2.34. The van der Waals surface area contributed by atoms with Crippen LogP contribution >= 0.6 is 0 Å². The van der Waals surface area contributed by atoms with Gasteiger partial charge in [0.25, 0.3) is 0 Å². The molecular formula is C23H34N4O4. The van der Waals surface area contributed by atoms with E-state index in [4.69, 9.17) is 14.0 Å². The fraction of sp³-hybridized carbons (Fsp3) is 0.565. The molecule has 1 N–H and O–H groups in total. The molecule has 0 radical (unpaired) electrons. The molecule has 31 heavy (non-hydrogen) atoms. The van der Waals surface area contributed by atoms with E-state index in [0.717, 1.165) is 49.9 Å². The number of carbonyl (C=O) groups is 1. The first kappa shape index (κ1) is 23.1. The van der Waals surface area contributed by atoms with Gasteiger partial charge < -0.3 is 14.0 Å². The van der Waals surface area contributed by atoms with E-state index in [2.05, 4.69) is 54.0 Å². The third kappa shape index (κ3) is 5.98.